The largest absolute Gasteiger partial charge is 0.368 e. The molecule has 2 N–H and O–H groups in total. The highest BCUT2D eigenvalue weighted by Gasteiger charge is 2.33. The molecule has 1 saturated heterocycles. The fourth-order valence-corrected chi connectivity index (χ4v) is 4.32. The second-order valence-corrected chi connectivity index (χ2v) is 8.23. The van der Waals surface area contributed by atoms with Gasteiger partial charge in [-0.25, -0.2) is 18.7 Å². The smallest absolute Gasteiger partial charge is 0.254 e. The number of anilines is 1. The molecule has 1 aromatic carbocycles. The number of fused-ring (bicyclic) bond motifs is 3. The van der Waals surface area contributed by atoms with Crippen molar-refractivity contribution in [2.75, 3.05) is 12.3 Å². The lowest BCUT2D eigenvalue weighted by Gasteiger charge is -2.37. The maximum atomic E-state index is 14.2. The van der Waals surface area contributed by atoms with Gasteiger partial charge in [0, 0.05) is 42.5 Å². The number of aromatic nitrogens is 5. The van der Waals surface area contributed by atoms with Crippen LogP contribution in [0, 0.1) is 18.6 Å². The van der Waals surface area contributed by atoms with Gasteiger partial charge in [0.05, 0.1) is 5.39 Å². The monoisotopic (exact) mass is 437 g/mol. The average molecular weight is 437 g/mol. The van der Waals surface area contributed by atoms with E-state index in [1.54, 1.807) is 18.5 Å². The number of rotatable bonds is 2. The van der Waals surface area contributed by atoms with Gasteiger partial charge >= 0.3 is 0 Å². The first kappa shape index (κ1) is 20.2. The minimum absolute atomic E-state index is 0.0405. The zero-order chi connectivity index (χ0) is 22.6. The van der Waals surface area contributed by atoms with Crippen LogP contribution in [-0.4, -0.2) is 48.0 Å². The lowest BCUT2D eigenvalue weighted by atomic mass is 9.92. The number of pyridine rings is 1. The van der Waals surface area contributed by atoms with Gasteiger partial charge in [-0.1, -0.05) is 0 Å². The Morgan fingerprint density at radius 3 is 2.81 bits per heavy atom. The van der Waals surface area contributed by atoms with Gasteiger partial charge in [-0.15, -0.1) is 5.10 Å². The second kappa shape index (κ2) is 7.47. The van der Waals surface area contributed by atoms with Crippen LogP contribution >= 0.6 is 0 Å². The molecule has 0 unspecified atom stereocenters. The molecule has 1 amide bonds. The summed E-state index contributed by atoms with van der Waals surface area (Å²) in [6.07, 6.45) is 4.82. The zero-order valence-corrected chi connectivity index (χ0v) is 17.6. The van der Waals surface area contributed by atoms with Gasteiger partial charge in [-0.2, -0.15) is 4.52 Å². The van der Waals surface area contributed by atoms with Crippen LogP contribution in [0.15, 0.2) is 30.6 Å². The van der Waals surface area contributed by atoms with Gasteiger partial charge in [0.25, 0.3) is 5.91 Å². The standard InChI is InChI=1S/C22H21F2N7O/c1-11-9-26-6-5-15(11)21(32)30-10-13(4-3-12(30)2)19-28-20-16-7-14(23)8-17(24)18(16)27-22(25)31(20)29-19/h5-9,12-13H,3-4,10H2,1-2H3,(H2,25,27)/t12-,13+/m0/s1. The third-order valence-corrected chi connectivity index (χ3v) is 6.09. The van der Waals surface area contributed by atoms with Crippen molar-refractivity contribution < 1.29 is 13.6 Å². The van der Waals surface area contributed by atoms with E-state index in [9.17, 15) is 13.6 Å². The minimum atomic E-state index is -0.810. The Hall–Kier alpha value is -3.69. The van der Waals surface area contributed by atoms with E-state index in [0.29, 0.717) is 17.9 Å². The van der Waals surface area contributed by atoms with Crippen LogP contribution in [0.3, 0.4) is 0 Å². The van der Waals surface area contributed by atoms with Crippen molar-refractivity contribution in [3.8, 4) is 0 Å². The first-order chi connectivity index (χ1) is 15.3. The van der Waals surface area contributed by atoms with E-state index in [1.165, 1.54) is 10.6 Å². The summed E-state index contributed by atoms with van der Waals surface area (Å²) in [7, 11) is 0. The molecule has 164 valence electrons. The van der Waals surface area contributed by atoms with Crippen LogP contribution in [-0.2, 0) is 0 Å². The maximum absolute atomic E-state index is 14.2. The van der Waals surface area contributed by atoms with Crippen LogP contribution in [0.1, 0.15) is 47.4 Å². The molecule has 0 bridgehead atoms. The van der Waals surface area contributed by atoms with E-state index in [0.717, 1.165) is 24.5 Å². The molecule has 2 atom stereocenters. The van der Waals surface area contributed by atoms with Crippen molar-refractivity contribution in [3.05, 3.63) is 59.2 Å². The Morgan fingerprint density at radius 1 is 1.22 bits per heavy atom. The van der Waals surface area contributed by atoms with Crippen molar-refractivity contribution in [1.82, 2.24) is 29.5 Å². The van der Waals surface area contributed by atoms with Crippen LogP contribution in [0.5, 0.6) is 0 Å². The van der Waals surface area contributed by atoms with E-state index < -0.39 is 11.6 Å². The van der Waals surface area contributed by atoms with Crippen molar-refractivity contribution in [2.24, 2.45) is 0 Å². The first-order valence-corrected chi connectivity index (χ1v) is 10.4. The van der Waals surface area contributed by atoms with Crippen LogP contribution < -0.4 is 5.73 Å². The molecule has 0 aliphatic carbocycles. The molecule has 0 spiro atoms. The van der Waals surface area contributed by atoms with Crippen LogP contribution in [0.25, 0.3) is 16.6 Å². The molecular weight excluding hydrogens is 416 g/mol. The fourth-order valence-electron chi connectivity index (χ4n) is 4.32. The third-order valence-electron chi connectivity index (χ3n) is 6.09. The topological polar surface area (TPSA) is 102 Å². The van der Waals surface area contributed by atoms with Crippen molar-refractivity contribution >= 4 is 28.4 Å². The van der Waals surface area contributed by atoms with E-state index >= 15 is 0 Å². The second-order valence-electron chi connectivity index (χ2n) is 8.23. The Bertz CT molecular complexity index is 1370. The van der Waals surface area contributed by atoms with Crippen molar-refractivity contribution in [1.29, 1.82) is 0 Å². The summed E-state index contributed by atoms with van der Waals surface area (Å²) in [6, 6.07) is 3.71. The highest BCUT2D eigenvalue weighted by molar-refractivity contribution is 5.96. The van der Waals surface area contributed by atoms with Crippen LogP contribution in [0.4, 0.5) is 14.7 Å². The van der Waals surface area contributed by atoms with Gasteiger partial charge in [-0.05, 0) is 44.4 Å². The lowest BCUT2D eigenvalue weighted by Crippen LogP contribution is -2.45. The Kier molecular flexibility index (Phi) is 4.72. The predicted molar refractivity (Wildman–Crippen MR) is 114 cm³/mol. The van der Waals surface area contributed by atoms with Gasteiger partial charge in [0.1, 0.15) is 11.3 Å². The summed E-state index contributed by atoms with van der Waals surface area (Å²) in [4.78, 5) is 27.7. The van der Waals surface area contributed by atoms with Gasteiger partial charge in [0.2, 0.25) is 5.95 Å². The number of halogens is 2. The van der Waals surface area contributed by atoms with E-state index in [2.05, 4.69) is 20.1 Å². The molecule has 4 heterocycles. The van der Waals surface area contributed by atoms with Gasteiger partial charge in [0.15, 0.2) is 17.3 Å². The lowest BCUT2D eigenvalue weighted by molar-refractivity contribution is 0.0605. The normalized spacial score (nSPS) is 19.1. The number of nitrogen functional groups attached to an aromatic ring is 1. The number of piperidine rings is 1. The van der Waals surface area contributed by atoms with Gasteiger partial charge in [-0.3, -0.25) is 9.78 Å². The number of likely N-dealkylation sites (tertiary alicyclic amines) is 1. The van der Waals surface area contributed by atoms with Gasteiger partial charge < -0.3 is 10.6 Å². The van der Waals surface area contributed by atoms with Crippen LogP contribution in [0.2, 0.25) is 0 Å². The summed E-state index contributed by atoms with van der Waals surface area (Å²) >= 11 is 0. The third kappa shape index (κ3) is 3.22. The summed E-state index contributed by atoms with van der Waals surface area (Å²) < 4.78 is 29.4. The quantitative estimate of drug-likeness (QED) is 0.517. The number of benzene rings is 1. The summed E-state index contributed by atoms with van der Waals surface area (Å²) in [5.74, 6) is -1.33. The fraction of sp³-hybridized carbons (Fsp3) is 0.318. The first-order valence-electron chi connectivity index (χ1n) is 10.4. The van der Waals surface area contributed by atoms with E-state index in [-0.39, 0.29) is 40.4 Å². The minimum Gasteiger partial charge on any atom is -0.368 e. The zero-order valence-electron chi connectivity index (χ0n) is 17.6. The number of nitrogens with two attached hydrogens (primary N) is 1. The summed E-state index contributed by atoms with van der Waals surface area (Å²) in [5, 5.41) is 4.67. The highest BCUT2D eigenvalue weighted by atomic mass is 19.1. The molecule has 1 aliphatic heterocycles. The number of nitrogens with zero attached hydrogens (tertiary/aromatic N) is 6. The molecule has 5 rings (SSSR count). The average Bonchev–Trinajstić information content (AvgIpc) is 3.21. The molecular formula is C22H21F2N7O. The molecule has 3 aromatic heterocycles. The van der Waals surface area contributed by atoms with Crippen molar-refractivity contribution in [2.45, 2.75) is 38.6 Å². The number of aryl methyl sites for hydroxylation is 1. The summed E-state index contributed by atoms with van der Waals surface area (Å²) in [6.45, 7) is 4.30. The molecule has 32 heavy (non-hydrogen) atoms. The SMILES string of the molecule is Cc1cnccc1C(=O)N1C[C@H](c2nc3c4cc(F)cc(F)c4nc(N)n3n2)CC[C@@H]1C. The Labute approximate surface area is 182 Å². The predicted octanol–water partition coefficient (Wildman–Crippen LogP) is 3.25. The van der Waals surface area contributed by atoms with Crippen molar-refractivity contribution in [3.63, 3.8) is 0 Å². The number of hydrogen-bond acceptors (Lipinski definition) is 6. The van der Waals surface area contributed by atoms with E-state index in [1.807, 2.05) is 18.7 Å². The maximum Gasteiger partial charge on any atom is 0.254 e. The molecule has 4 aromatic rings. The molecule has 1 aliphatic rings. The molecule has 8 nitrogen and oxygen atoms in total. The Balaban J connectivity index is 1.54. The molecule has 1 fully saturated rings. The summed E-state index contributed by atoms with van der Waals surface area (Å²) in [5.41, 5.74) is 7.59. The number of carbonyl (C=O) groups is 1. The molecule has 0 radical (unpaired) electrons. The molecule has 10 heteroatoms. The Morgan fingerprint density at radius 2 is 2.03 bits per heavy atom. The number of amides is 1. The highest BCUT2D eigenvalue weighted by Crippen LogP contribution is 2.31. The number of hydrogen-bond donors (Lipinski definition) is 1. The number of carbonyl (C=O) groups excluding carboxylic acids is 1. The molecule has 0 saturated carbocycles. The van der Waals surface area contributed by atoms with E-state index in [4.69, 9.17) is 5.73 Å².